The summed E-state index contributed by atoms with van der Waals surface area (Å²) in [6.45, 7) is 12.1. The molecule has 0 saturated heterocycles. The minimum absolute atomic E-state index is 0.0143. The molecular weight excluding hydrogens is 568 g/mol. The van der Waals surface area contributed by atoms with Gasteiger partial charge in [-0.25, -0.2) is 0 Å². The first-order valence-electron chi connectivity index (χ1n) is 19.3. The van der Waals surface area contributed by atoms with E-state index < -0.39 is 0 Å². The number of allylic oxidation sites excluding steroid dienone is 8. The average molecular weight is 645 g/mol. The first-order chi connectivity index (χ1) is 22.3. The molecule has 0 aromatic heterocycles. The molecule has 0 amide bonds. The molecule has 0 atom stereocenters. The zero-order valence-corrected chi connectivity index (χ0v) is 31.4. The molecule has 0 aliphatic heterocycles. The number of carbonyl (C=O) groups is 2. The molecule has 0 bridgehead atoms. The van der Waals surface area contributed by atoms with Crippen LogP contribution in [-0.2, 0) is 19.1 Å². The second-order valence-electron chi connectivity index (χ2n) is 13.0. The van der Waals surface area contributed by atoms with Gasteiger partial charge < -0.3 is 9.47 Å². The van der Waals surface area contributed by atoms with Gasteiger partial charge in [0.25, 0.3) is 0 Å². The summed E-state index contributed by atoms with van der Waals surface area (Å²) >= 11 is 0. The van der Waals surface area contributed by atoms with E-state index in [-0.39, 0.29) is 24.1 Å². The first kappa shape index (κ1) is 46.0. The minimum Gasteiger partial charge on any atom is -0.463 e. The van der Waals surface area contributed by atoms with Crippen molar-refractivity contribution in [1.29, 1.82) is 0 Å². The summed E-state index contributed by atoms with van der Waals surface area (Å²) in [5, 5.41) is 0. The maximum atomic E-state index is 11.4. The second-order valence-corrected chi connectivity index (χ2v) is 13.0. The van der Waals surface area contributed by atoms with Crippen molar-refractivity contribution in [3.05, 3.63) is 48.6 Å². The van der Waals surface area contributed by atoms with E-state index in [1.54, 1.807) is 0 Å². The van der Waals surface area contributed by atoms with Crippen LogP contribution in [-0.4, -0.2) is 24.1 Å². The molecule has 0 unspecified atom stereocenters. The third-order valence-corrected chi connectivity index (χ3v) is 7.40. The van der Waals surface area contributed by atoms with Gasteiger partial charge in [-0.3, -0.25) is 9.59 Å². The fourth-order valence-electron chi connectivity index (χ4n) is 4.81. The van der Waals surface area contributed by atoms with Gasteiger partial charge in [-0.2, -0.15) is 0 Å². The molecule has 4 nitrogen and oxygen atoms in total. The normalized spacial score (nSPS) is 11.8. The Labute approximate surface area is 286 Å². The fraction of sp³-hybridized carbons (Fsp3) is 0.762. The quantitative estimate of drug-likeness (QED) is 0.0443. The summed E-state index contributed by atoms with van der Waals surface area (Å²) in [7, 11) is 0. The molecule has 0 heterocycles. The van der Waals surface area contributed by atoms with E-state index in [1.807, 2.05) is 27.7 Å². The molecule has 0 rings (SSSR count). The van der Waals surface area contributed by atoms with Gasteiger partial charge in [0.15, 0.2) is 0 Å². The van der Waals surface area contributed by atoms with Crippen molar-refractivity contribution in [2.75, 3.05) is 0 Å². The smallest absolute Gasteiger partial charge is 0.306 e. The van der Waals surface area contributed by atoms with Gasteiger partial charge in [0.05, 0.1) is 12.2 Å². The molecule has 0 spiro atoms. The lowest BCUT2D eigenvalue weighted by Crippen LogP contribution is -2.10. The largest absolute Gasteiger partial charge is 0.463 e. The maximum absolute atomic E-state index is 11.4. The molecule has 0 N–H and O–H groups in total. The van der Waals surface area contributed by atoms with Crippen LogP contribution in [0.25, 0.3) is 0 Å². The molecule has 4 heteroatoms. The van der Waals surface area contributed by atoms with Gasteiger partial charge in [0.2, 0.25) is 0 Å². The highest BCUT2D eigenvalue weighted by atomic mass is 16.5. The second kappa shape index (κ2) is 39.1. The first-order valence-corrected chi connectivity index (χ1v) is 19.3. The molecule has 268 valence electrons. The van der Waals surface area contributed by atoms with Gasteiger partial charge in [-0.1, -0.05) is 127 Å². The van der Waals surface area contributed by atoms with Crippen molar-refractivity contribution in [3.63, 3.8) is 0 Å². The van der Waals surface area contributed by atoms with Gasteiger partial charge >= 0.3 is 11.9 Å². The Kier molecular flexibility index (Phi) is 39.1. The van der Waals surface area contributed by atoms with Crippen molar-refractivity contribution in [1.82, 2.24) is 0 Å². The summed E-state index contributed by atoms with van der Waals surface area (Å²) in [5.41, 5.74) is 0. The van der Waals surface area contributed by atoms with Crippen LogP contribution in [0.15, 0.2) is 48.6 Å². The van der Waals surface area contributed by atoms with E-state index in [1.165, 1.54) is 103 Å². The predicted octanol–water partition coefficient (Wildman–Crippen LogP) is 13.5. The monoisotopic (exact) mass is 645 g/mol. The number of esters is 2. The lowest BCUT2D eigenvalue weighted by molar-refractivity contribution is -0.148. The van der Waals surface area contributed by atoms with E-state index in [2.05, 4.69) is 62.5 Å². The van der Waals surface area contributed by atoms with Crippen LogP contribution in [0.1, 0.15) is 196 Å². The lowest BCUT2D eigenvalue weighted by Gasteiger charge is -2.07. The maximum Gasteiger partial charge on any atom is 0.306 e. The predicted molar refractivity (Wildman–Crippen MR) is 201 cm³/mol. The summed E-state index contributed by atoms with van der Waals surface area (Å²) in [5.74, 6) is -0.101. The Balaban J connectivity index is 0. The Morgan fingerprint density at radius 1 is 0.413 bits per heavy atom. The number of unbranched alkanes of at least 4 members (excludes halogenated alkanes) is 16. The molecule has 46 heavy (non-hydrogen) atoms. The minimum atomic E-state index is -0.0503. The number of hydrogen-bond acceptors (Lipinski definition) is 4. The summed E-state index contributed by atoms with van der Waals surface area (Å²) in [6.07, 6.45) is 46.1. The zero-order valence-electron chi connectivity index (χ0n) is 31.4. The third-order valence-electron chi connectivity index (χ3n) is 7.40. The van der Waals surface area contributed by atoms with Crippen molar-refractivity contribution in [2.45, 2.75) is 208 Å². The molecule has 0 saturated carbocycles. The SMILES string of the molecule is CCCCC/C=C\C/C=C\CCCCCCCC(=O)OC(C)C.CCCCC/C=C\C/C=C\CCCCCCCC(=O)OC(C)C. The third kappa shape index (κ3) is 44.0. The Morgan fingerprint density at radius 3 is 1.00 bits per heavy atom. The van der Waals surface area contributed by atoms with E-state index in [0.29, 0.717) is 12.8 Å². The van der Waals surface area contributed by atoms with Crippen LogP contribution >= 0.6 is 0 Å². The van der Waals surface area contributed by atoms with E-state index >= 15 is 0 Å². The molecule has 0 aromatic carbocycles. The summed E-state index contributed by atoms with van der Waals surface area (Å²) in [6, 6.07) is 0. The van der Waals surface area contributed by atoms with Crippen LogP contribution in [0.5, 0.6) is 0 Å². The van der Waals surface area contributed by atoms with E-state index in [9.17, 15) is 9.59 Å². The molecule has 0 aliphatic carbocycles. The highest BCUT2D eigenvalue weighted by Gasteiger charge is 2.05. The Hall–Kier alpha value is -2.10. The number of hydrogen-bond donors (Lipinski definition) is 0. The number of rotatable bonds is 30. The highest BCUT2D eigenvalue weighted by Crippen LogP contribution is 2.10. The number of carbonyl (C=O) groups excluding carboxylic acids is 2. The van der Waals surface area contributed by atoms with Crippen LogP contribution in [0, 0.1) is 0 Å². The molecular formula is C42H76O4. The average Bonchev–Trinajstić information content (AvgIpc) is 3.00. The van der Waals surface area contributed by atoms with E-state index in [0.717, 1.165) is 38.5 Å². The Morgan fingerprint density at radius 2 is 0.696 bits per heavy atom. The van der Waals surface area contributed by atoms with Crippen LogP contribution in [0.2, 0.25) is 0 Å². The standard InChI is InChI=1S/2C21H38O2/c2*1-4-5-6-7-8-9-10-11-12-13-14-15-16-17-18-19-21(22)23-20(2)3/h2*8-9,11-12,20H,4-7,10,13-19H2,1-3H3/b2*9-8-,12-11-. The van der Waals surface area contributed by atoms with Gasteiger partial charge in [0, 0.05) is 12.8 Å². The van der Waals surface area contributed by atoms with Crippen LogP contribution in [0.3, 0.4) is 0 Å². The fourth-order valence-corrected chi connectivity index (χ4v) is 4.81. The van der Waals surface area contributed by atoms with Crippen LogP contribution in [0.4, 0.5) is 0 Å². The molecule has 0 radical (unpaired) electrons. The Bertz CT molecular complexity index is 696. The highest BCUT2D eigenvalue weighted by molar-refractivity contribution is 5.69. The summed E-state index contributed by atoms with van der Waals surface area (Å²) in [4.78, 5) is 22.7. The molecule has 0 aromatic rings. The molecule has 0 aliphatic rings. The van der Waals surface area contributed by atoms with Crippen molar-refractivity contribution >= 4 is 11.9 Å². The van der Waals surface area contributed by atoms with Crippen molar-refractivity contribution in [2.24, 2.45) is 0 Å². The molecule has 0 fully saturated rings. The van der Waals surface area contributed by atoms with Gasteiger partial charge in [-0.05, 0) is 105 Å². The van der Waals surface area contributed by atoms with Crippen LogP contribution < -0.4 is 0 Å². The topological polar surface area (TPSA) is 52.6 Å². The zero-order chi connectivity index (χ0) is 34.4. The van der Waals surface area contributed by atoms with E-state index in [4.69, 9.17) is 9.47 Å². The number of ether oxygens (including phenoxy) is 2. The van der Waals surface area contributed by atoms with Crippen molar-refractivity contribution < 1.29 is 19.1 Å². The van der Waals surface area contributed by atoms with Gasteiger partial charge in [0.1, 0.15) is 0 Å². The van der Waals surface area contributed by atoms with Gasteiger partial charge in [-0.15, -0.1) is 0 Å². The summed E-state index contributed by atoms with van der Waals surface area (Å²) < 4.78 is 10.2. The lowest BCUT2D eigenvalue weighted by atomic mass is 10.1. The van der Waals surface area contributed by atoms with Crippen molar-refractivity contribution in [3.8, 4) is 0 Å².